The lowest BCUT2D eigenvalue weighted by molar-refractivity contribution is -0.121. The van der Waals surface area contributed by atoms with Crippen molar-refractivity contribution >= 4 is 21.6 Å². The highest BCUT2D eigenvalue weighted by atomic mass is 32.2. The minimum Gasteiger partial charge on any atom is -0.497 e. The molecule has 168 valence electrons. The molecular formula is C25H28N2O4S. The van der Waals surface area contributed by atoms with E-state index in [0.717, 1.165) is 9.87 Å². The van der Waals surface area contributed by atoms with E-state index < -0.39 is 15.6 Å². The van der Waals surface area contributed by atoms with Crippen molar-refractivity contribution in [3.05, 3.63) is 90.5 Å². The molecule has 7 heteroatoms. The molecule has 32 heavy (non-hydrogen) atoms. The summed E-state index contributed by atoms with van der Waals surface area (Å²) in [4.78, 5) is 13.1. The van der Waals surface area contributed by atoms with Crippen LogP contribution in [0.15, 0.2) is 89.8 Å². The topological polar surface area (TPSA) is 75.7 Å². The Morgan fingerprint density at radius 2 is 1.47 bits per heavy atom. The quantitative estimate of drug-likeness (QED) is 0.532. The van der Waals surface area contributed by atoms with Gasteiger partial charge in [0.05, 0.1) is 17.7 Å². The molecule has 0 spiro atoms. The minimum atomic E-state index is -3.97. The van der Waals surface area contributed by atoms with Gasteiger partial charge in [-0.15, -0.1) is 0 Å². The first kappa shape index (κ1) is 23.3. The van der Waals surface area contributed by atoms with Crippen LogP contribution in [-0.2, 0) is 21.2 Å². The van der Waals surface area contributed by atoms with E-state index in [1.165, 1.54) is 19.2 Å². The summed E-state index contributed by atoms with van der Waals surface area (Å²) in [5.74, 6) is 0.169. The SMILES string of the molecule is COc1ccc(S(=O)(=O)N(CC(=O)NC(C)(C)Cc2ccccc2)c2ccccc2)cc1. The van der Waals surface area contributed by atoms with Gasteiger partial charge in [0.25, 0.3) is 10.0 Å². The van der Waals surface area contributed by atoms with Crippen molar-refractivity contribution in [2.45, 2.75) is 30.7 Å². The molecule has 0 aliphatic heterocycles. The number of rotatable bonds is 9. The van der Waals surface area contributed by atoms with Gasteiger partial charge in [-0.3, -0.25) is 9.10 Å². The molecule has 0 saturated heterocycles. The van der Waals surface area contributed by atoms with Gasteiger partial charge in [-0.2, -0.15) is 0 Å². The van der Waals surface area contributed by atoms with Gasteiger partial charge in [0.15, 0.2) is 0 Å². The van der Waals surface area contributed by atoms with Gasteiger partial charge < -0.3 is 10.1 Å². The fourth-order valence-electron chi connectivity index (χ4n) is 3.48. The zero-order valence-electron chi connectivity index (χ0n) is 18.5. The Balaban J connectivity index is 1.84. The van der Waals surface area contributed by atoms with Crippen molar-refractivity contribution in [3.8, 4) is 5.75 Å². The molecule has 0 saturated carbocycles. The van der Waals surface area contributed by atoms with E-state index in [1.54, 1.807) is 42.5 Å². The Hall–Kier alpha value is -3.32. The van der Waals surface area contributed by atoms with Crippen LogP contribution in [0.1, 0.15) is 19.4 Å². The number of carbonyl (C=O) groups is 1. The van der Waals surface area contributed by atoms with E-state index in [-0.39, 0.29) is 17.3 Å². The molecule has 1 N–H and O–H groups in total. The van der Waals surface area contributed by atoms with Crippen LogP contribution in [0.2, 0.25) is 0 Å². The first-order valence-corrected chi connectivity index (χ1v) is 11.7. The van der Waals surface area contributed by atoms with Crippen LogP contribution < -0.4 is 14.4 Å². The van der Waals surface area contributed by atoms with Crippen molar-refractivity contribution in [2.24, 2.45) is 0 Å². The summed E-state index contributed by atoms with van der Waals surface area (Å²) in [7, 11) is -2.46. The predicted molar refractivity (Wildman–Crippen MR) is 126 cm³/mol. The number of hydrogen-bond donors (Lipinski definition) is 1. The predicted octanol–water partition coefficient (Wildman–Crippen LogP) is 4.03. The van der Waals surface area contributed by atoms with Gasteiger partial charge in [-0.25, -0.2) is 8.42 Å². The lowest BCUT2D eigenvalue weighted by atomic mass is 9.95. The van der Waals surface area contributed by atoms with Crippen LogP contribution in [0.25, 0.3) is 0 Å². The Morgan fingerprint density at radius 1 is 0.906 bits per heavy atom. The first-order chi connectivity index (χ1) is 15.2. The monoisotopic (exact) mass is 452 g/mol. The Labute approximate surface area is 189 Å². The molecule has 0 atom stereocenters. The van der Waals surface area contributed by atoms with Gasteiger partial charge in [0.1, 0.15) is 12.3 Å². The highest BCUT2D eigenvalue weighted by Crippen LogP contribution is 2.25. The Bertz CT molecular complexity index is 1130. The van der Waals surface area contributed by atoms with E-state index in [2.05, 4.69) is 5.32 Å². The van der Waals surface area contributed by atoms with Crippen LogP contribution >= 0.6 is 0 Å². The molecule has 6 nitrogen and oxygen atoms in total. The normalized spacial score (nSPS) is 11.6. The summed E-state index contributed by atoms with van der Waals surface area (Å²) < 4.78 is 33.1. The summed E-state index contributed by atoms with van der Waals surface area (Å²) in [5, 5.41) is 2.98. The number of anilines is 1. The molecule has 0 unspecified atom stereocenters. The van der Waals surface area contributed by atoms with Crippen molar-refractivity contribution < 1.29 is 17.9 Å². The number of benzene rings is 3. The molecule has 0 aliphatic carbocycles. The first-order valence-electron chi connectivity index (χ1n) is 10.3. The average molecular weight is 453 g/mol. The maximum atomic E-state index is 13.4. The van der Waals surface area contributed by atoms with Crippen LogP contribution in [0, 0.1) is 0 Å². The van der Waals surface area contributed by atoms with Gasteiger partial charge in [-0.1, -0.05) is 48.5 Å². The molecule has 0 radical (unpaired) electrons. The van der Waals surface area contributed by atoms with E-state index >= 15 is 0 Å². The van der Waals surface area contributed by atoms with Gasteiger partial charge >= 0.3 is 0 Å². The molecule has 3 aromatic carbocycles. The number of nitrogens with zero attached hydrogens (tertiary/aromatic N) is 1. The van der Waals surface area contributed by atoms with Gasteiger partial charge in [0.2, 0.25) is 5.91 Å². The minimum absolute atomic E-state index is 0.0819. The zero-order chi connectivity index (χ0) is 23.2. The van der Waals surface area contributed by atoms with Crippen LogP contribution in [0.4, 0.5) is 5.69 Å². The standard InChI is InChI=1S/C25H28N2O4S/c1-25(2,18-20-10-6-4-7-11-20)26-24(28)19-27(21-12-8-5-9-13-21)32(29,30)23-16-14-22(31-3)15-17-23/h4-17H,18-19H2,1-3H3,(H,26,28). The third-order valence-electron chi connectivity index (χ3n) is 4.95. The smallest absolute Gasteiger partial charge is 0.264 e. The third kappa shape index (κ3) is 5.88. The lowest BCUT2D eigenvalue weighted by Crippen LogP contribution is -2.50. The summed E-state index contributed by atoms with van der Waals surface area (Å²) in [6.45, 7) is 3.50. The van der Waals surface area contributed by atoms with Crippen LogP contribution in [0.3, 0.4) is 0 Å². The van der Waals surface area contributed by atoms with Crippen molar-refractivity contribution in [3.63, 3.8) is 0 Å². The molecule has 0 aromatic heterocycles. The van der Waals surface area contributed by atoms with Crippen molar-refractivity contribution in [1.82, 2.24) is 5.32 Å². The zero-order valence-corrected chi connectivity index (χ0v) is 19.3. The number of amides is 1. The second kappa shape index (κ2) is 9.87. The lowest BCUT2D eigenvalue weighted by Gasteiger charge is -2.29. The van der Waals surface area contributed by atoms with E-state index in [4.69, 9.17) is 4.74 Å². The summed E-state index contributed by atoms with van der Waals surface area (Å²) in [6, 6.07) is 24.6. The number of sulfonamides is 1. The van der Waals surface area contributed by atoms with Gasteiger partial charge in [-0.05, 0) is 62.2 Å². The third-order valence-corrected chi connectivity index (χ3v) is 6.73. The molecule has 3 aromatic rings. The van der Waals surface area contributed by atoms with Crippen LogP contribution in [0.5, 0.6) is 5.75 Å². The number of para-hydroxylation sites is 1. The molecular weight excluding hydrogens is 424 g/mol. The summed E-state index contributed by atoms with van der Waals surface area (Å²) >= 11 is 0. The molecule has 1 amide bonds. The maximum absolute atomic E-state index is 13.4. The largest absolute Gasteiger partial charge is 0.497 e. The highest BCUT2D eigenvalue weighted by Gasteiger charge is 2.29. The molecule has 0 fully saturated rings. The van der Waals surface area contributed by atoms with E-state index in [9.17, 15) is 13.2 Å². The second-order valence-corrected chi connectivity index (χ2v) is 9.98. The molecule has 0 aliphatic rings. The number of carbonyl (C=O) groups excluding carboxylic acids is 1. The second-order valence-electron chi connectivity index (χ2n) is 8.12. The summed E-state index contributed by atoms with van der Waals surface area (Å²) in [5.41, 5.74) is 0.952. The van der Waals surface area contributed by atoms with Crippen molar-refractivity contribution in [2.75, 3.05) is 18.0 Å². The molecule has 0 bridgehead atoms. The van der Waals surface area contributed by atoms with Crippen LogP contribution in [-0.4, -0.2) is 33.5 Å². The van der Waals surface area contributed by atoms with Crippen molar-refractivity contribution in [1.29, 1.82) is 0 Å². The molecule has 0 heterocycles. The summed E-state index contributed by atoms with van der Waals surface area (Å²) in [6.07, 6.45) is 0.621. The fraction of sp³-hybridized carbons (Fsp3) is 0.240. The number of ether oxygens (including phenoxy) is 1. The average Bonchev–Trinajstić information content (AvgIpc) is 2.78. The van der Waals surface area contributed by atoms with E-state index in [1.807, 2.05) is 44.2 Å². The highest BCUT2D eigenvalue weighted by molar-refractivity contribution is 7.92. The molecule has 3 rings (SSSR count). The fourth-order valence-corrected chi connectivity index (χ4v) is 4.90. The maximum Gasteiger partial charge on any atom is 0.264 e. The number of hydrogen-bond acceptors (Lipinski definition) is 4. The number of nitrogens with one attached hydrogen (secondary N) is 1. The van der Waals surface area contributed by atoms with Gasteiger partial charge in [0, 0.05) is 5.54 Å². The Kier molecular flexibility index (Phi) is 7.20. The number of methoxy groups -OCH3 is 1. The Morgan fingerprint density at radius 3 is 2.03 bits per heavy atom. The van der Waals surface area contributed by atoms with E-state index in [0.29, 0.717) is 17.9 Å².